The highest BCUT2D eigenvalue weighted by molar-refractivity contribution is 5.54. The van der Waals surface area contributed by atoms with Crippen molar-refractivity contribution in [1.29, 1.82) is 0 Å². The van der Waals surface area contributed by atoms with Gasteiger partial charge in [0.05, 0.1) is 6.61 Å². The molecule has 1 aromatic rings. The van der Waals surface area contributed by atoms with Crippen LogP contribution in [0.25, 0.3) is 0 Å². The van der Waals surface area contributed by atoms with E-state index in [1.165, 1.54) is 12.1 Å². The van der Waals surface area contributed by atoms with E-state index in [-0.39, 0.29) is 11.7 Å². The molecular formula is C10H9FO2. The quantitative estimate of drug-likeness (QED) is 0.649. The van der Waals surface area contributed by atoms with Crippen LogP contribution in [0.3, 0.4) is 0 Å². The zero-order valence-electron chi connectivity index (χ0n) is 7.00. The highest BCUT2D eigenvalue weighted by atomic mass is 19.1. The van der Waals surface area contributed by atoms with Crippen molar-refractivity contribution >= 4 is 6.29 Å². The Hall–Kier alpha value is -1.38. The molecule has 0 bridgehead atoms. The third-order valence-electron chi connectivity index (χ3n) is 2.23. The molecule has 1 aromatic carbocycles. The number of hydrogen-bond acceptors (Lipinski definition) is 2. The number of benzene rings is 1. The summed E-state index contributed by atoms with van der Waals surface area (Å²) in [6.07, 6.45) is 1.24. The van der Waals surface area contributed by atoms with Crippen molar-refractivity contribution in [2.24, 2.45) is 0 Å². The van der Waals surface area contributed by atoms with Gasteiger partial charge in [0.2, 0.25) is 0 Å². The fraction of sp³-hybridized carbons (Fsp3) is 0.300. The van der Waals surface area contributed by atoms with Crippen molar-refractivity contribution in [2.45, 2.75) is 12.3 Å². The van der Waals surface area contributed by atoms with Crippen molar-refractivity contribution in [3.63, 3.8) is 0 Å². The van der Waals surface area contributed by atoms with Gasteiger partial charge in [0.25, 0.3) is 0 Å². The predicted octanol–water partition coefficient (Wildman–Crippen LogP) is 1.89. The van der Waals surface area contributed by atoms with E-state index in [0.29, 0.717) is 18.8 Å². The van der Waals surface area contributed by atoms with Crippen molar-refractivity contribution in [1.82, 2.24) is 0 Å². The molecule has 68 valence electrons. The number of ether oxygens (including phenoxy) is 1. The van der Waals surface area contributed by atoms with Crippen LogP contribution in [0.4, 0.5) is 4.39 Å². The van der Waals surface area contributed by atoms with Crippen molar-refractivity contribution in [3.05, 3.63) is 29.6 Å². The van der Waals surface area contributed by atoms with Crippen LogP contribution in [0, 0.1) is 5.82 Å². The second-order valence-electron chi connectivity index (χ2n) is 3.09. The first-order valence-electron chi connectivity index (χ1n) is 4.17. The van der Waals surface area contributed by atoms with Crippen molar-refractivity contribution < 1.29 is 13.9 Å². The van der Waals surface area contributed by atoms with Crippen molar-refractivity contribution in [2.75, 3.05) is 6.61 Å². The van der Waals surface area contributed by atoms with Crippen LogP contribution >= 0.6 is 0 Å². The van der Waals surface area contributed by atoms with E-state index in [2.05, 4.69) is 0 Å². The number of carbonyl (C=O) groups excluding carboxylic acids is 1. The minimum absolute atomic E-state index is 0.0307. The third kappa shape index (κ3) is 1.41. The number of halogens is 1. The van der Waals surface area contributed by atoms with Crippen LogP contribution in [-0.4, -0.2) is 12.9 Å². The lowest BCUT2D eigenvalue weighted by Gasteiger charge is -2.02. The molecule has 2 nitrogen and oxygen atoms in total. The molecule has 2 rings (SSSR count). The topological polar surface area (TPSA) is 26.3 Å². The molecule has 1 unspecified atom stereocenters. The molecular weight excluding hydrogens is 171 g/mol. The number of rotatable bonds is 2. The Labute approximate surface area is 75.3 Å². The number of aldehydes is 1. The lowest BCUT2D eigenvalue weighted by molar-refractivity contribution is -0.108. The smallest absolute Gasteiger partial charge is 0.123 e. The molecule has 1 heterocycles. The molecule has 0 spiro atoms. The first kappa shape index (κ1) is 8.23. The fourth-order valence-corrected chi connectivity index (χ4v) is 1.56. The Morgan fingerprint density at radius 3 is 3.23 bits per heavy atom. The fourth-order valence-electron chi connectivity index (χ4n) is 1.56. The Morgan fingerprint density at radius 2 is 2.46 bits per heavy atom. The second kappa shape index (κ2) is 3.17. The van der Waals surface area contributed by atoms with E-state index >= 15 is 0 Å². The molecule has 0 saturated heterocycles. The van der Waals surface area contributed by atoms with Crippen LogP contribution in [0.1, 0.15) is 17.9 Å². The second-order valence-corrected chi connectivity index (χ2v) is 3.09. The van der Waals surface area contributed by atoms with Gasteiger partial charge in [-0.3, -0.25) is 0 Å². The van der Waals surface area contributed by atoms with E-state index in [0.717, 1.165) is 11.8 Å². The first-order chi connectivity index (χ1) is 6.31. The molecule has 0 fully saturated rings. The van der Waals surface area contributed by atoms with Gasteiger partial charge in [-0.2, -0.15) is 0 Å². The molecule has 3 heteroatoms. The predicted molar refractivity (Wildman–Crippen MR) is 45.3 cm³/mol. The number of carbonyl (C=O) groups is 1. The summed E-state index contributed by atoms with van der Waals surface area (Å²) in [6.45, 7) is 0.484. The molecule has 0 aliphatic carbocycles. The zero-order chi connectivity index (χ0) is 9.26. The summed E-state index contributed by atoms with van der Waals surface area (Å²) >= 11 is 0. The van der Waals surface area contributed by atoms with E-state index in [4.69, 9.17) is 4.74 Å². The van der Waals surface area contributed by atoms with Crippen LogP contribution in [-0.2, 0) is 4.79 Å². The van der Waals surface area contributed by atoms with Crippen LogP contribution in [0.15, 0.2) is 18.2 Å². The Balaban J connectivity index is 2.34. The van der Waals surface area contributed by atoms with Gasteiger partial charge in [0.1, 0.15) is 17.9 Å². The van der Waals surface area contributed by atoms with Gasteiger partial charge in [-0.15, -0.1) is 0 Å². The molecule has 0 aromatic heterocycles. The molecule has 0 N–H and O–H groups in total. The highest BCUT2D eigenvalue weighted by Gasteiger charge is 2.23. The van der Waals surface area contributed by atoms with Crippen molar-refractivity contribution in [3.8, 4) is 5.75 Å². The average molecular weight is 180 g/mol. The van der Waals surface area contributed by atoms with Gasteiger partial charge in [-0.25, -0.2) is 4.39 Å². The summed E-state index contributed by atoms with van der Waals surface area (Å²) in [4.78, 5) is 10.3. The summed E-state index contributed by atoms with van der Waals surface area (Å²) in [7, 11) is 0. The minimum Gasteiger partial charge on any atom is -0.493 e. The summed E-state index contributed by atoms with van der Waals surface area (Å²) in [5.41, 5.74) is 0.812. The maximum Gasteiger partial charge on any atom is 0.123 e. The molecule has 1 aliphatic rings. The lowest BCUT2D eigenvalue weighted by Crippen LogP contribution is -2.00. The molecule has 1 aliphatic heterocycles. The van der Waals surface area contributed by atoms with E-state index < -0.39 is 0 Å². The van der Waals surface area contributed by atoms with E-state index in [1.807, 2.05) is 0 Å². The Bertz CT molecular complexity index is 336. The summed E-state index contributed by atoms with van der Waals surface area (Å²) in [6, 6.07) is 4.41. The monoisotopic (exact) mass is 180 g/mol. The standard InChI is InChI=1S/C10H9FO2/c11-8-1-2-10-9(5-8)7(3-4-12)6-13-10/h1-2,4-5,7H,3,6H2. The summed E-state index contributed by atoms with van der Waals surface area (Å²) < 4.78 is 18.1. The molecule has 13 heavy (non-hydrogen) atoms. The lowest BCUT2D eigenvalue weighted by atomic mass is 9.99. The normalized spacial score (nSPS) is 19.3. The van der Waals surface area contributed by atoms with Gasteiger partial charge in [0.15, 0.2) is 0 Å². The molecule has 1 atom stereocenters. The highest BCUT2D eigenvalue weighted by Crippen LogP contribution is 2.35. The van der Waals surface area contributed by atoms with Crippen LogP contribution < -0.4 is 4.74 Å². The van der Waals surface area contributed by atoms with Crippen LogP contribution in [0.5, 0.6) is 5.75 Å². The zero-order valence-corrected chi connectivity index (χ0v) is 7.00. The van der Waals surface area contributed by atoms with Gasteiger partial charge in [-0.05, 0) is 18.2 Å². The maximum atomic E-state index is 12.8. The summed E-state index contributed by atoms with van der Waals surface area (Å²) in [5.74, 6) is 0.455. The Kier molecular flexibility index (Phi) is 2.00. The summed E-state index contributed by atoms with van der Waals surface area (Å²) in [5, 5.41) is 0. The third-order valence-corrected chi connectivity index (χ3v) is 2.23. The minimum atomic E-state index is -0.278. The Morgan fingerprint density at radius 1 is 1.62 bits per heavy atom. The van der Waals surface area contributed by atoms with Gasteiger partial charge in [0, 0.05) is 17.9 Å². The van der Waals surface area contributed by atoms with E-state index in [9.17, 15) is 9.18 Å². The molecule has 0 saturated carbocycles. The average Bonchev–Trinajstić information content (AvgIpc) is 2.49. The van der Waals surface area contributed by atoms with Gasteiger partial charge in [-0.1, -0.05) is 0 Å². The van der Waals surface area contributed by atoms with Crippen LogP contribution in [0.2, 0.25) is 0 Å². The van der Waals surface area contributed by atoms with Gasteiger partial charge < -0.3 is 9.53 Å². The number of hydrogen-bond donors (Lipinski definition) is 0. The maximum absolute atomic E-state index is 12.8. The number of fused-ring (bicyclic) bond motifs is 1. The molecule has 0 amide bonds. The molecule has 0 radical (unpaired) electrons. The SMILES string of the molecule is O=CCC1COc2ccc(F)cc21. The van der Waals surface area contributed by atoms with Gasteiger partial charge >= 0.3 is 0 Å². The van der Waals surface area contributed by atoms with E-state index in [1.54, 1.807) is 6.07 Å². The largest absolute Gasteiger partial charge is 0.493 e. The first-order valence-corrected chi connectivity index (χ1v) is 4.17.